The first-order chi connectivity index (χ1) is 7.63. The van der Waals surface area contributed by atoms with Gasteiger partial charge in [0.2, 0.25) is 0 Å². The number of carbonyl (C=O) groups excluding carboxylic acids is 1. The molecule has 0 saturated carbocycles. The monoisotopic (exact) mass is 226 g/mol. The topological polar surface area (TPSA) is 55.0 Å². The van der Waals surface area contributed by atoms with E-state index in [0.717, 1.165) is 12.1 Å². The van der Waals surface area contributed by atoms with Crippen LogP contribution in [-0.4, -0.2) is 22.8 Å². The molecule has 0 radical (unpaired) electrons. The van der Waals surface area contributed by atoms with Crippen molar-refractivity contribution in [3.8, 4) is 0 Å². The van der Waals surface area contributed by atoms with Crippen LogP contribution in [0.15, 0.2) is 12.1 Å². The number of hydrogen-bond acceptors (Lipinski definition) is 3. The fourth-order valence-corrected chi connectivity index (χ4v) is 1.37. The fraction of sp³-hybridized carbons (Fsp3) is 0.200. The molecule has 0 bridgehead atoms. The second-order valence-electron chi connectivity index (χ2n) is 3.10. The summed E-state index contributed by atoms with van der Waals surface area (Å²) < 4.78 is 30.6. The Balaban J connectivity index is 2.56. The zero-order valence-corrected chi connectivity index (χ0v) is 8.38. The number of rotatable bonds is 2. The van der Waals surface area contributed by atoms with Crippen LogP contribution in [0.5, 0.6) is 0 Å². The van der Waals surface area contributed by atoms with Gasteiger partial charge >= 0.3 is 5.97 Å². The number of benzene rings is 1. The van der Waals surface area contributed by atoms with Crippen molar-refractivity contribution < 1.29 is 18.3 Å². The maximum absolute atomic E-state index is 13.0. The number of esters is 1. The van der Waals surface area contributed by atoms with Gasteiger partial charge < -0.3 is 4.74 Å². The van der Waals surface area contributed by atoms with Gasteiger partial charge in [-0.1, -0.05) is 0 Å². The molecule has 0 unspecified atom stereocenters. The first-order valence-electron chi connectivity index (χ1n) is 4.63. The lowest BCUT2D eigenvalue weighted by atomic mass is 10.2. The van der Waals surface area contributed by atoms with Crippen LogP contribution in [0.3, 0.4) is 0 Å². The Labute approximate surface area is 89.2 Å². The predicted molar refractivity (Wildman–Crippen MR) is 52.0 cm³/mol. The van der Waals surface area contributed by atoms with Crippen LogP contribution < -0.4 is 0 Å². The van der Waals surface area contributed by atoms with E-state index in [2.05, 4.69) is 10.2 Å². The zero-order chi connectivity index (χ0) is 11.7. The average Bonchev–Trinajstić information content (AvgIpc) is 2.62. The molecule has 0 saturated heterocycles. The van der Waals surface area contributed by atoms with Gasteiger partial charge in [0.05, 0.1) is 12.1 Å². The van der Waals surface area contributed by atoms with Crippen LogP contribution in [0.4, 0.5) is 8.78 Å². The van der Waals surface area contributed by atoms with Crippen molar-refractivity contribution in [3.63, 3.8) is 0 Å². The third kappa shape index (κ3) is 1.62. The summed E-state index contributed by atoms with van der Waals surface area (Å²) in [6.07, 6.45) is 0. The molecule has 0 aliphatic heterocycles. The normalized spacial score (nSPS) is 10.7. The van der Waals surface area contributed by atoms with E-state index in [0.29, 0.717) is 0 Å². The number of fused-ring (bicyclic) bond motifs is 1. The molecule has 0 aliphatic rings. The molecule has 0 spiro atoms. The third-order valence-corrected chi connectivity index (χ3v) is 2.07. The highest BCUT2D eigenvalue weighted by molar-refractivity contribution is 6.01. The summed E-state index contributed by atoms with van der Waals surface area (Å²) in [5.74, 6) is -2.69. The predicted octanol–water partition coefficient (Wildman–Crippen LogP) is 2.02. The molecule has 16 heavy (non-hydrogen) atoms. The van der Waals surface area contributed by atoms with E-state index in [-0.39, 0.29) is 23.2 Å². The Bertz CT molecular complexity index is 551. The van der Waals surface area contributed by atoms with Crippen LogP contribution in [0, 0.1) is 11.6 Å². The number of halogens is 2. The summed E-state index contributed by atoms with van der Waals surface area (Å²) in [6.45, 7) is 1.84. The van der Waals surface area contributed by atoms with Gasteiger partial charge in [-0.3, -0.25) is 5.10 Å². The third-order valence-electron chi connectivity index (χ3n) is 2.07. The fourth-order valence-electron chi connectivity index (χ4n) is 1.37. The quantitative estimate of drug-likeness (QED) is 0.797. The van der Waals surface area contributed by atoms with Crippen molar-refractivity contribution in [2.75, 3.05) is 6.61 Å². The molecule has 0 fully saturated rings. The molecule has 1 heterocycles. The van der Waals surface area contributed by atoms with E-state index in [1.807, 2.05) is 0 Å². The Hall–Kier alpha value is -1.98. The highest BCUT2D eigenvalue weighted by Crippen LogP contribution is 2.20. The number of hydrogen-bond donors (Lipinski definition) is 1. The SMILES string of the molecule is CCOC(=O)c1n[nH]c2cc(F)c(F)cc12. The summed E-state index contributed by atoms with van der Waals surface area (Å²) >= 11 is 0. The van der Waals surface area contributed by atoms with E-state index >= 15 is 0 Å². The molecule has 0 amide bonds. The van der Waals surface area contributed by atoms with Crippen LogP contribution in [0.2, 0.25) is 0 Å². The Morgan fingerprint density at radius 2 is 2.12 bits per heavy atom. The van der Waals surface area contributed by atoms with E-state index < -0.39 is 17.6 Å². The number of ether oxygens (including phenoxy) is 1. The molecule has 4 nitrogen and oxygen atoms in total. The maximum atomic E-state index is 13.0. The molecule has 6 heteroatoms. The lowest BCUT2D eigenvalue weighted by molar-refractivity contribution is 0.0521. The van der Waals surface area contributed by atoms with Crippen molar-refractivity contribution in [2.24, 2.45) is 0 Å². The van der Waals surface area contributed by atoms with Crippen LogP contribution in [-0.2, 0) is 4.74 Å². The minimum atomic E-state index is -1.03. The lowest BCUT2D eigenvalue weighted by Crippen LogP contribution is -2.05. The number of nitrogens with zero attached hydrogens (tertiary/aromatic N) is 1. The van der Waals surface area contributed by atoms with E-state index in [1.54, 1.807) is 6.92 Å². The molecule has 0 atom stereocenters. The van der Waals surface area contributed by atoms with Gasteiger partial charge in [-0.05, 0) is 13.0 Å². The summed E-state index contributed by atoms with van der Waals surface area (Å²) in [5, 5.41) is 6.31. The first-order valence-corrected chi connectivity index (χ1v) is 4.63. The van der Waals surface area contributed by atoms with Gasteiger partial charge in [-0.2, -0.15) is 5.10 Å². The molecular weight excluding hydrogens is 218 g/mol. The van der Waals surface area contributed by atoms with Crippen LogP contribution in [0.1, 0.15) is 17.4 Å². The number of aromatic amines is 1. The van der Waals surface area contributed by atoms with Crippen molar-refractivity contribution >= 4 is 16.9 Å². The van der Waals surface area contributed by atoms with E-state index in [9.17, 15) is 13.6 Å². The molecular formula is C10H8F2N2O2. The number of nitrogens with one attached hydrogen (secondary N) is 1. The molecule has 2 aromatic rings. The highest BCUT2D eigenvalue weighted by Gasteiger charge is 2.17. The minimum Gasteiger partial charge on any atom is -0.461 e. The van der Waals surface area contributed by atoms with Crippen molar-refractivity contribution in [1.29, 1.82) is 0 Å². The van der Waals surface area contributed by atoms with Gasteiger partial charge in [0, 0.05) is 11.5 Å². The standard InChI is InChI=1S/C10H8F2N2O2/c1-2-16-10(15)9-5-3-6(11)7(12)4-8(5)13-14-9/h3-4H,2H2,1H3,(H,13,14). The summed E-state index contributed by atoms with van der Waals surface area (Å²) in [6, 6.07) is 1.86. The van der Waals surface area contributed by atoms with Crippen LogP contribution >= 0.6 is 0 Å². The smallest absolute Gasteiger partial charge is 0.359 e. The zero-order valence-electron chi connectivity index (χ0n) is 8.38. The molecule has 1 aromatic heterocycles. The minimum absolute atomic E-state index is 0.0456. The maximum Gasteiger partial charge on any atom is 0.359 e. The number of H-pyrrole nitrogens is 1. The Morgan fingerprint density at radius 1 is 1.44 bits per heavy atom. The van der Waals surface area contributed by atoms with Gasteiger partial charge in [0.25, 0.3) is 0 Å². The van der Waals surface area contributed by atoms with Gasteiger partial charge in [-0.15, -0.1) is 0 Å². The van der Waals surface area contributed by atoms with Crippen molar-refractivity contribution in [1.82, 2.24) is 10.2 Å². The molecule has 2 rings (SSSR count). The number of aromatic nitrogens is 2. The summed E-state index contributed by atoms with van der Waals surface area (Å²) in [5.41, 5.74) is 0.206. The molecule has 1 aromatic carbocycles. The van der Waals surface area contributed by atoms with Gasteiger partial charge in [0.15, 0.2) is 17.3 Å². The molecule has 84 valence electrons. The highest BCUT2D eigenvalue weighted by atomic mass is 19.2. The second kappa shape index (κ2) is 3.88. The van der Waals surface area contributed by atoms with Crippen LogP contribution in [0.25, 0.3) is 10.9 Å². The van der Waals surface area contributed by atoms with Crippen molar-refractivity contribution in [2.45, 2.75) is 6.92 Å². The number of carbonyl (C=O) groups is 1. The Morgan fingerprint density at radius 3 is 2.81 bits per heavy atom. The van der Waals surface area contributed by atoms with Gasteiger partial charge in [-0.25, -0.2) is 13.6 Å². The largest absolute Gasteiger partial charge is 0.461 e. The average molecular weight is 226 g/mol. The summed E-state index contributed by atoms with van der Waals surface area (Å²) in [4.78, 5) is 11.4. The first kappa shape index (κ1) is 10.5. The van der Waals surface area contributed by atoms with Gasteiger partial charge in [0.1, 0.15) is 0 Å². The van der Waals surface area contributed by atoms with Crippen molar-refractivity contribution in [3.05, 3.63) is 29.5 Å². The van der Waals surface area contributed by atoms with E-state index in [4.69, 9.17) is 4.74 Å². The summed E-state index contributed by atoms with van der Waals surface area (Å²) in [7, 11) is 0. The Kier molecular flexibility index (Phi) is 2.55. The molecule has 0 aliphatic carbocycles. The lowest BCUT2D eigenvalue weighted by Gasteiger charge is -1.98. The van der Waals surface area contributed by atoms with E-state index in [1.165, 1.54) is 0 Å². The molecule has 1 N–H and O–H groups in total. The second-order valence-corrected chi connectivity index (χ2v) is 3.10.